The van der Waals surface area contributed by atoms with Crippen LogP contribution in [-0.4, -0.2) is 18.4 Å². The molecule has 0 bridgehead atoms. The van der Waals surface area contributed by atoms with Crippen LogP contribution in [0.2, 0.25) is 0 Å². The Bertz CT molecular complexity index is 778. The van der Waals surface area contributed by atoms with Crippen molar-refractivity contribution in [3.63, 3.8) is 0 Å². The van der Waals surface area contributed by atoms with Crippen molar-refractivity contribution in [2.75, 3.05) is 6.61 Å². The van der Waals surface area contributed by atoms with Gasteiger partial charge in [-0.2, -0.15) is 0 Å². The molecule has 0 aliphatic carbocycles. The minimum Gasteiger partial charge on any atom is -0.483 e. The molecule has 1 aromatic carbocycles. The lowest BCUT2D eigenvalue weighted by Crippen LogP contribution is -2.43. The normalized spacial score (nSPS) is 10.6. The van der Waals surface area contributed by atoms with E-state index in [9.17, 15) is 9.59 Å². The van der Waals surface area contributed by atoms with Gasteiger partial charge in [0.15, 0.2) is 6.61 Å². The Kier molecular flexibility index (Phi) is 5.85. The maximum atomic E-state index is 12.0. The molecule has 25 heavy (non-hydrogen) atoms. The zero-order valence-electron chi connectivity index (χ0n) is 15.2. The van der Waals surface area contributed by atoms with Crippen molar-refractivity contribution in [1.82, 2.24) is 10.9 Å². The van der Waals surface area contributed by atoms with Crippen LogP contribution in [0.1, 0.15) is 52.8 Å². The summed E-state index contributed by atoms with van der Waals surface area (Å²) in [5.74, 6) is 1.23. The smallest absolute Gasteiger partial charge is 0.276 e. The van der Waals surface area contributed by atoms with Gasteiger partial charge < -0.3 is 9.15 Å². The first-order valence-corrected chi connectivity index (χ1v) is 8.17. The molecule has 0 aliphatic rings. The number of amides is 2. The molecule has 0 saturated heterocycles. The summed E-state index contributed by atoms with van der Waals surface area (Å²) in [6, 6.07) is 7.53. The Hall–Kier alpha value is -2.76. The third kappa shape index (κ3) is 4.86. The van der Waals surface area contributed by atoms with E-state index in [1.54, 1.807) is 19.9 Å². The molecule has 1 aromatic heterocycles. The van der Waals surface area contributed by atoms with E-state index in [-0.39, 0.29) is 12.5 Å². The molecule has 0 atom stereocenters. The number of benzene rings is 1. The van der Waals surface area contributed by atoms with Gasteiger partial charge >= 0.3 is 0 Å². The second-order valence-electron chi connectivity index (χ2n) is 6.31. The number of carbonyl (C=O) groups is 2. The lowest BCUT2D eigenvalue weighted by molar-refractivity contribution is -0.123. The van der Waals surface area contributed by atoms with Gasteiger partial charge in [-0.3, -0.25) is 20.4 Å². The van der Waals surface area contributed by atoms with Gasteiger partial charge in [0.05, 0.1) is 5.56 Å². The van der Waals surface area contributed by atoms with Crippen LogP contribution >= 0.6 is 0 Å². The zero-order chi connectivity index (χ0) is 18.6. The van der Waals surface area contributed by atoms with Crippen LogP contribution in [0, 0.1) is 20.8 Å². The Balaban J connectivity index is 1.90. The van der Waals surface area contributed by atoms with E-state index in [0.717, 1.165) is 11.1 Å². The van der Waals surface area contributed by atoms with Gasteiger partial charge in [0, 0.05) is 0 Å². The van der Waals surface area contributed by atoms with Gasteiger partial charge in [-0.1, -0.05) is 26.0 Å². The van der Waals surface area contributed by atoms with Crippen LogP contribution in [0.4, 0.5) is 0 Å². The summed E-state index contributed by atoms with van der Waals surface area (Å²) >= 11 is 0. The highest BCUT2D eigenvalue weighted by atomic mass is 16.5. The maximum absolute atomic E-state index is 12.0. The van der Waals surface area contributed by atoms with E-state index in [1.807, 2.05) is 25.1 Å². The number of ether oxygens (including phenoxy) is 1. The number of furan rings is 1. The highest BCUT2D eigenvalue weighted by Crippen LogP contribution is 2.27. The Labute approximate surface area is 147 Å². The van der Waals surface area contributed by atoms with E-state index in [2.05, 4.69) is 24.7 Å². The number of rotatable bonds is 5. The van der Waals surface area contributed by atoms with Gasteiger partial charge in [-0.25, -0.2) is 0 Å². The molecule has 6 nitrogen and oxygen atoms in total. The van der Waals surface area contributed by atoms with Gasteiger partial charge in [0.1, 0.15) is 17.3 Å². The highest BCUT2D eigenvalue weighted by molar-refractivity contribution is 5.96. The van der Waals surface area contributed by atoms with Gasteiger partial charge in [-0.15, -0.1) is 0 Å². The zero-order valence-corrected chi connectivity index (χ0v) is 15.2. The van der Waals surface area contributed by atoms with E-state index < -0.39 is 11.8 Å². The minimum absolute atomic E-state index is 0.188. The molecule has 6 heteroatoms. The van der Waals surface area contributed by atoms with E-state index in [0.29, 0.717) is 22.8 Å². The molecular weight excluding hydrogens is 320 g/mol. The number of carbonyl (C=O) groups excluding carboxylic acids is 2. The monoisotopic (exact) mass is 344 g/mol. The van der Waals surface area contributed by atoms with Gasteiger partial charge in [0.2, 0.25) is 0 Å². The van der Waals surface area contributed by atoms with Crippen molar-refractivity contribution < 1.29 is 18.7 Å². The molecule has 0 fully saturated rings. The molecule has 134 valence electrons. The SMILES string of the molecule is Cc1ccc(C(C)C)c(OCC(=O)NNC(=O)c2cc(C)oc2C)c1. The summed E-state index contributed by atoms with van der Waals surface area (Å²) in [5.41, 5.74) is 7.18. The summed E-state index contributed by atoms with van der Waals surface area (Å²) < 4.78 is 10.9. The molecule has 2 rings (SSSR count). The Morgan fingerprint density at radius 3 is 2.44 bits per heavy atom. The second kappa shape index (κ2) is 7.88. The molecule has 2 aromatic rings. The number of hydrazine groups is 1. The molecule has 0 unspecified atom stereocenters. The third-order valence-electron chi connectivity index (χ3n) is 3.75. The van der Waals surface area contributed by atoms with E-state index in [1.165, 1.54) is 0 Å². The highest BCUT2D eigenvalue weighted by Gasteiger charge is 2.15. The molecule has 0 radical (unpaired) electrons. The van der Waals surface area contributed by atoms with Gasteiger partial charge in [0.25, 0.3) is 11.8 Å². The molecule has 2 amide bonds. The summed E-state index contributed by atoms with van der Waals surface area (Å²) in [5, 5.41) is 0. The van der Waals surface area contributed by atoms with Crippen LogP contribution in [-0.2, 0) is 4.79 Å². The lowest BCUT2D eigenvalue weighted by atomic mass is 10.0. The fraction of sp³-hybridized carbons (Fsp3) is 0.368. The standard InChI is InChI=1S/C19H24N2O4/c1-11(2)15-7-6-12(3)8-17(15)24-10-18(22)20-21-19(23)16-9-13(4)25-14(16)5/h6-9,11H,10H2,1-5H3,(H,20,22)(H,21,23). The summed E-state index contributed by atoms with van der Waals surface area (Å²) in [4.78, 5) is 24.0. The van der Waals surface area contributed by atoms with E-state index >= 15 is 0 Å². The maximum Gasteiger partial charge on any atom is 0.276 e. The van der Waals surface area contributed by atoms with Crippen molar-refractivity contribution >= 4 is 11.8 Å². The average Bonchev–Trinajstić information content (AvgIpc) is 2.89. The van der Waals surface area contributed by atoms with Crippen molar-refractivity contribution in [2.24, 2.45) is 0 Å². The predicted octanol–water partition coefficient (Wildman–Crippen LogP) is 3.17. The molecule has 1 heterocycles. The first-order chi connectivity index (χ1) is 11.8. The Morgan fingerprint density at radius 1 is 1.12 bits per heavy atom. The molecule has 2 N–H and O–H groups in total. The quantitative estimate of drug-likeness (QED) is 0.817. The first kappa shape index (κ1) is 18.6. The van der Waals surface area contributed by atoms with Crippen LogP contribution in [0.25, 0.3) is 0 Å². The van der Waals surface area contributed by atoms with Crippen LogP contribution in [0.5, 0.6) is 5.75 Å². The van der Waals surface area contributed by atoms with Crippen LogP contribution in [0.3, 0.4) is 0 Å². The Morgan fingerprint density at radius 2 is 1.84 bits per heavy atom. The molecule has 0 spiro atoms. The largest absolute Gasteiger partial charge is 0.483 e. The summed E-state index contributed by atoms with van der Waals surface area (Å²) in [7, 11) is 0. The number of aryl methyl sites for hydroxylation is 3. The summed E-state index contributed by atoms with van der Waals surface area (Å²) in [6.07, 6.45) is 0. The molecule has 0 saturated carbocycles. The topological polar surface area (TPSA) is 80.6 Å². The predicted molar refractivity (Wildman–Crippen MR) is 94.6 cm³/mol. The fourth-order valence-electron chi connectivity index (χ4n) is 2.47. The van der Waals surface area contributed by atoms with Crippen molar-refractivity contribution in [1.29, 1.82) is 0 Å². The van der Waals surface area contributed by atoms with Crippen molar-refractivity contribution in [3.8, 4) is 5.75 Å². The summed E-state index contributed by atoms with van der Waals surface area (Å²) in [6.45, 7) is 9.35. The number of hydrogen-bond acceptors (Lipinski definition) is 4. The molecular formula is C19H24N2O4. The number of nitrogens with one attached hydrogen (secondary N) is 2. The van der Waals surface area contributed by atoms with E-state index in [4.69, 9.17) is 9.15 Å². The second-order valence-corrected chi connectivity index (χ2v) is 6.31. The fourth-order valence-corrected chi connectivity index (χ4v) is 2.47. The van der Waals surface area contributed by atoms with Crippen LogP contribution < -0.4 is 15.6 Å². The number of hydrogen-bond donors (Lipinski definition) is 2. The van der Waals surface area contributed by atoms with Crippen molar-refractivity contribution in [3.05, 3.63) is 52.5 Å². The average molecular weight is 344 g/mol. The van der Waals surface area contributed by atoms with Crippen LogP contribution in [0.15, 0.2) is 28.7 Å². The lowest BCUT2D eigenvalue weighted by Gasteiger charge is -2.15. The molecule has 0 aliphatic heterocycles. The minimum atomic E-state index is -0.442. The third-order valence-corrected chi connectivity index (χ3v) is 3.75. The van der Waals surface area contributed by atoms with Gasteiger partial charge in [-0.05, 0) is 49.9 Å². The van der Waals surface area contributed by atoms with Crippen molar-refractivity contribution in [2.45, 2.75) is 40.5 Å². The first-order valence-electron chi connectivity index (χ1n) is 8.17.